The minimum absolute atomic E-state index is 0.0469. The summed E-state index contributed by atoms with van der Waals surface area (Å²) in [4.78, 5) is 11.8. The van der Waals surface area contributed by atoms with Crippen LogP contribution >= 0.6 is 15.9 Å². The van der Waals surface area contributed by atoms with E-state index in [0.717, 1.165) is 19.3 Å². The van der Waals surface area contributed by atoms with Crippen molar-refractivity contribution >= 4 is 31.9 Å². The summed E-state index contributed by atoms with van der Waals surface area (Å²) in [5.41, 5.74) is 0.823. The molecule has 0 amide bonds. The zero-order chi connectivity index (χ0) is 14.2. The van der Waals surface area contributed by atoms with Gasteiger partial charge in [0.2, 0.25) is 10.0 Å². The summed E-state index contributed by atoms with van der Waals surface area (Å²) in [5.74, 6) is -0.509. The normalized spacial score (nSPS) is 15.9. The second kappa shape index (κ2) is 5.22. The molecule has 1 saturated carbocycles. The van der Waals surface area contributed by atoms with E-state index in [2.05, 4.69) is 15.9 Å². The van der Waals surface area contributed by atoms with E-state index in [0.29, 0.717) is 10.0 Å². The number of sulfonamides is 1. The van der Waals surface area contributed by atoms with E-state index in [4.69, 9.17) is 9.88 Å². The van der Waals surface area contributed by atoms with Crippen molar-refractivity contribution in [3.63, 3.8) is 0 Å². The van der Waals surface area contributed by atoms with E-state index >= 15 is 0 Å². The van der Waals surface area contributed by atoms with Crippen LogP contribution in [0.1, 0.15) is 35.2 Å². The summed E-state index contributed by atoms with van der Waals surface area (Å²) in [6.07, 6.45) is 2.74. The Morgan fingerprint density at radius 3 is 2.53 bits per heavy atom. The number of hydrogen-bond donors (Lipinski definition) is 1. The van der Waals surface area contributed by atoms with Crippen molar-refractivity contribution in [1.82, 2.24) is 0 Å². The molecule has 1 aliphatic carbocycles. The first-order chi connectivity index (χ1) is 8.79. The number of esters is 1. The van der Waals surface area contributed by atoms with Crippen molar-refractivity contribution in [3.8, 4) is 0 Å². The first kappa shape index (κ1) is 14.5. The van der Waals surface area contributed by atoms with Crippen LogP contribution in [-0.2, 0) is 14.8 Å². The summed E-state index contributed by atoms with van der Waals surface area (Å²) in [7, 11) is -3.89. The van der Waals surface area contributed by atoms with Crippen molar-refractivity contribution in [2.24, 2.45) is 5.14 Å². The van der Waals surface area contributed by atoms with E-state index in [-0.39, 0.29) is 16.6 Å². The molecule has 0 aliphatic heterocycles. The fraction of sp³-hybridized carbons (Fsp3) is 0.417. The molecule has 0 unspecified atom stereocenters. The summed E-state index contributed by atoms with van der Waals surface area (Å²) in [6.45, 7) is 1.69. The molecule has 0 bridgehead atoms. The fourth-order valence-corrected chi connectivity index (χ4v) is 3.38. The van der Waals surface area contributed by atoms with Crippen LogP contribution in [0, 0.1) is 6.92 Å². The van der Waals surface area contributed by atoms with E-state index in [1.54, 1.807) is 13.0 Å². The van der Waals surface area contributed by atoms with Crippen molar-refractivity contribution in [2.75, 3.05) is 0 Å². The van der Waals surface area contributed by atoms with Crippen molar-refractivity contribution in [2.45, 2.75) is 37.2 Å². The number of ether oxygens (including phenoxy) is 1. The van der Waals surface area contributed by atoms with E-state index in [9.17, 15) is 13.2 Å². The number of nitrogens with two attached hydrogens (primary N) is 1. The average molecular weight is 348 g/mol. The Bertz CT molecular complexity index is 623. The first-order valence-electron chi connectivity index (χ1n) is 5.83. The first-order valence-corrected chi connectivity index (χ1v) is 8.17. The number of halogens is 1. The zero-order valence-corrected chi connectivity index (χ0v) is 12.8. The standard InChI is InChI=1S/C12H14BrNO4S/c1-7-5-8(12(15)18-9-3-2-4-9)6-10(11(7)13)19(14,16)17/h5-6,9H,2-4H2,1H3,(H2,14,16,17). The molecule has 0 saturated heterocycles. The largest absolute Gasteiger partial charge is 0.459 e. The molecule has 1 aromatic rings. The van der Waals surface area contributed by atoms with E-state index < -0.39 is 16.0 Å². The third-order valence-electron chi connectivity index (χ3n) is 3.09. The smallest absolute Gasteiger partial charge is 0.338 e. The highest BCUT2D eigenvalue weighted by Crippen LogP contribution is 2.28. The lowest BCUT2D eigenvalue weighted by atomic mass is 9.96. The van der Waals surface area contributed by atoms with Gasteiger partial charge in [-0.1, -0.05) is 0 Å². The molecule has 1 aliphatic rings. The van der Waals surface area contributed by atoms with Gasteiger partial charge in [-0.25, -0.2) is 18.4 Å². The van der Waals surface area contributed by atoms with Crippen LogP contribution in [0.3, 0.4) is 0 Å². The number of carbonyl (C=O) groups excluding carboxylic acids is 1. The van der Waals surface area contributed by atoms with Gasteiger partial charge in [-0.05, 0) is 59.8 Å². The van der Waals surface area contributed by atoms with Gasteiger partial charge in [0, 0.05) is 4.47 Å². The fourth-order valence-electron chi connectivity index (χ4n) is 1.77. The molecule has 1 aromatic carbocycles. The summed E-state index contributed by atoms with van der Waals surface area (Å²) >= 11 is 3.16. The maximum atomic E-state index is 11.9. The highest BCUT2D eigenvalue weighted by molar-refractivity contribution is 9.10. The SMILES string of the molecule is Cc1cc(C(=O)OC2CCC2)cc(S(N)(=O)=O)c1Br. The van der Waals surface area contributed by atoms with E-state index in [1.807, 2.05) is 0 Å². The van der Waals surface area contributed by atoms with Crippen LogP contribution in [0.15, 0.2) is 21.5 Å². The van der Waals surface area contributed by atoms with Gasteiger partial charge in [0.15, 0.2) is 0 Å². The third kappa shape index (κ3) is 3.16. The number of hydrogen-bond acceptors (Lipinski definition) is 4. The summed E-state index contributed by atoms with van der Waals surface area (Å²) in [5, 5.41) is 5.12. The minimum Gasteiger partial charge on any atom is -0.459 e. The highest BCUT2D eigenvalue weighted by Gasteiger charge is 2.24. The molecule has 0 heterocycles. The molecule has 5 nitrogen and oxygen atoms in total. The second-order valence-electron chi connectivity index (χ2n) is 4.61. The lowest BCUT2D eigenvalue weighted by Gasteiger charge is -2.25. The molecule has 1 fully saturated rings. The maximum absolute atomic E-state index is 11.9. The number of benzene rings is 1. The van der Waals surface area contributed by atoms with Gasteiger partial charge < -0.3 is 4.74 Å². The molecule has 0 aromatic heterocycles. The molecule has 0 radical (unpaired) electrons. The molecule has 19 heavy (non-hydrogen) atoms. The molecule has 0 atom stereocenters. The van der Waals surface area contributed by atoms with Gasteiger partial charge in [-0.2, -0.15) is 0 Å². The number of primary sulfonamides is 1. The highest BCUT2D eigenvalue weighted by atomic mass is 79.9. The lowest BCUT2D eigenvalue weighted by Crippen LogP contribution is -2.25. The predicted molar refractivity (Wildman–Crippen MR) is 73.3 cm³/mol. The Labute approximate surface area is 120 Å². The second-order valence-corrected chi connectivity index (χ2v) is 6.93. The van der Waals surface area contributed by atoms with Crippen molar-refractivity contribution in [1.29, 1.82) is 0 Å². The van der Waals surface area contributed by atoms with Crippen LogP contribution in [0.2, 0.25) is 0 Å². The Morgan fingerprint density at radius 2 is 2.05 bits per heavy atom. The Hall–Kier alpha value is -0.920. The van der Waals surface area contributed by atoms with Crippen LogP contribution in [0.5, 0.6) is 0 Å². The molecule has 104 valence electrons. The molecular formula is C12H14BrNO4S. The van der Waals surface area contributed by atoms with E-state index in [1.165, 1.54) is 6.07 Å². The van der Waals surface area contributed by atoms with Crippen molar-refractivity contribution in [3.05, 3.63) is 27.7 Å². The lowest BCUT2D eigenvalue weighted by molar-refractivity contribution is 0.00897. The van der Waals surface area contributed by atoms with Crippen LogP contribution in [0.25, 0.3) is 0 Å². The van der Waals surface area contributed by atoms with Gasteiger partial charge >= 0.3 is 5.97 Å². The molecule has 0 spiro atoms. The van der Waals surface area contributed by atoms with Gasteiger partial charge in [0.1, 0.15) is 6.10 Å². The van der Waals surface area contributed by atoms with Crippen molar-refractivity contribution < 1.29 is 17.9 Å². The number of aryl methyl sites for hydroxylation is 1. The average Bonchev–Trinajstić information content (AvgIpc) is 2.25. The quantitative estimate of drug-likeness (QED) is 0.848. The maximum Gasteiger partial charge on any atom is 0.338 e. The molecule has 7 heteroatoms. The summed E-state index contributed by atoms with van der Waals surface area (Å²) in [6, 6.07) is 2.83. The number of rotatable bonds is 3. The Kier molecular flexibility index (Phi) is 3.98. The summed E-state index contributed by atoms with van der Waals surface area (Å²) < 4.78 is 28.5. The van der Waals surface area contributed by atoms with Crippen LogP contribution < -0.4 is 5.14 Å². The van der Waals surface area contributed by atoms with Gasteiger partial charge in [0.25, 0.3) is 0 Å². The minimum atomic E-state index is -3.89. The molecule has 2 rings (SSSR count). The molecular weight excluding hydrogens is 334 g/mol. The Morgan fingerprint density at radius 1 is 1.42 bits per heavy atom. The third-order valence-corrected chi connectivity index (χ3v) is 5.34. The van der Waals surface area contributed by atoms with Gasteiger partial charge in [-0.3, -0.25) is 0 Å². The number of carbonyl (C=O) groups is 1. The monoisotopic (exact) mass is 347 g/mol. The van der Waals surface area contributed by atoms with Gasteiger partial charge in [0.05, 0.1) is 10.5 Å². The predicted octanol–water partition coefficient (Wildman–Crippen LogP) is 2.11. The Balaban J connectivity index is 2.36. The zero-order valence-electron chi connectivity index (χ0n) is 10.3. The van der Waals surface area contributed by atoms with Gasteiger partial charge in [-0.15, -0.1) is 0 Å². The van der Waals surface area contributed by atoms with Crippen LogP contribution in [-0.4, -0.2) is 20.5 Å². The van der Waals surface area contributed by atoms with Crippen LogP contribution in [0.4, 0.5) is 0 Å². The topological polar surface area (TPSA) is 86.5 Å². The molecule has 2 N–H and O–H groups in total.